The molecular formula is C21H22N4O4S2. The van der Waals surface area contributed by atoms with Crippen molar-refractivity contribution in [1.29, 1.82) is 0 Å². The number of carbonyl (C=O) groups excluding carboxylic acids is 3. The number of hydrogen-bond acceptors (Lipinski definition) is 8. The van der Waals surface area contributed by atoms with E-state index in [4.69, 9.17) is 4.74 Å². The lowest BCUT2D eigenvalue weighted by Gasteiger charge is -2.17. The lowest BCUT2D eigenvalue weighted by molar-refractivity contribution is -0.149. The summed E-state index contributed by atoms with van der Waals surface area (Å²) in [6.07, 6.45) is 2.30. The first kappa shape index (κ1) is 22.7. The summed E-state index contributed by atoms with van der Waals surface area (Å²) in [6, 6.07) is 11.5. The molecule has 1 aromatic heterocycles. The Hall–Kier alpha value is -2.98. The van der Waals surface area contributed by atoms with E-state index in [1.54, 1.807) is 48.2 Å². The van der Waals surface area contributed by atoms with Crippen LogP contribution in [0, 0.1) is 6.92 Å². The van der Waals surface area contributed by atoms with E-state index in [9.17, 15) is 14.4 Å². The van der Waals surface area contributed by atoms with E-state index >= 15 is 0 Å². The molecule has 0 saturated heterocycles. The fraction of sp³-hybridized carbons (Fsp3) is 0.286. The van der Waals surface area contributed by atoms with Gasteiger partial charge in [-0.05, 0) is 49.6 Å². The highest BCUT2D eigenvalue weighted by atomic mass is 32.2. The number of amides is 2. The van der Waals surface area contributed by atoms with Gasteiger partial charge in [0.1, 0.15) is 17.1 Å². The topological polar surface area (TPSA) is 110 Å². The summed E-state index contributed by atoms with van der Waals surface area (Å²) in [6.45, 7) is 1.42. The van der Waals surface area contributed by atoms with Crippen molar-refractivity contribution in [3.63, 3.8) is 0 Å². The smallest absolute Gasteiger partial charge is 0.329 e. The van der Waals surface area contributed by atoms with Gasteiger partial charge in [0.15, 0.2) is 6.61 Å². The van der Waals surface area contributed by atoms with Gasteiger partial charge in [-0.25, -0.2) is 4.79 Å². The Morgan fingerprint density at radius 1 is 1.16 bits per heavy atom. The largest absolute Gasteiger partial charge is 0.454 e. The predicted molar refractivity (Wildman–Crippen MR) is 122 cm³/mol. The normalized spacial score (nSPS) is 11.7. The Morgan fingerprint density at radius 2 is 1.97 bits per heavy atom. The zero-order valence-corrected chi connectivity index (χ0v) is 18.7. The quantitative estimate of drug-likeness (QED) is 0.474. The van der Waals surface area contributed by atoms with Crippen molar-refractivity contribution in [1.82, 2.24) is 14.1 Å². The minimum atomic E-state index is -0.848. The van der Waals surface area contributed by atoms with Crippen LogP contribution in [0.25, 0.3) is 11.0 Å². The van der Waals surface area contributed by atoms with Gasteiger partial charge in [-0.15, -0.1) is 0 Å². The second-order valence-electron chi connectivity index (χ2n) is 6.77. The molecule has 162 valence electrons. The molecule has 31 heavy (non-hydrogen) atoms. The Balaban J connectivity index is 1.58. The molecule has 0 bridgehead atoms. The lowest BCUT2D eigenvalue weighted by atomic mass is 10.1. The highest BCUT2D eigenvalue weighted by Crippen LogP contribution is 2.21. The van der Waals surface area contributed by atoms with E-state index in [0.29, 0.717) is 34.5 Å². The van der Waals surface area contributed by atoms with E-state index in [0.717, 1.165) is 17.3 Å². The van der Waals surface area contributed by atoms with Gasteiger partial charge in [0.2, 0.25) is 0 Å². The Morgan fingerprint density at radius 3 is 2.74 bits per heavy atom. The third kappa shape index (κ3) is 6.25. The van der Waals surface area contributed by atoms with Crippen LogP contribution >= 0.6 is 23.5 Å². The molecular weight excluding hydrogens is 436 g/mol. The zero-order chi connectivity index (χ0) is 22.2. The van der Waals surface area contributed by atoms with Crippen molar-refractivity contribution in [2.75, 3.05) is 23.9 Å². The van der Waals surface area contributed by atoms with E-state index in [1.807, 2.05) is 19.2 Å². The summed E-state index contributed by atoms with van der Waals surface area (Å²) in [5.41, 5.74) is 3.16. The van der Waals surface area contributed by atoms with Gasteiger partial charge in [-0.2, -0.15) is 20.5 Å². The second-order valence-corrected chi connectivity index (χ2v) is 8.28. The third-order valence-corrected chi connectivity index (χ3v) is 5.57. The molecule has 0 radical (unpaired) electrons. The average Bonchev–Trinajstić information content (AvgIpc) is 3.25. The number of thioether (sulfide) groups is 1. The molecule has 0 saturated carbocycles. The number of nitrogens with zero attached hydrogens (tertiary/aromatic N) is 2. The van der Waals surface area contributed by atoms with Crippen LogP contribution in [-0.4, -0.2) is 51.2 Å². The molecule has 0 spiro atoms. The van der Waals surface area contributed by atoms with Crippen LogP contribution in [0.1, 0.15) is 22.3 Å². The molecule has 8 nitrogen and oxygen atoms in total. The number of esters is 1. The number of benzene rings is 2. The number of hydrogen-bond donors (Lipinski definition) is 2. The van der Waals surface area contributed by atoms with Gasteiger partial charge < -0.3 is 15.4 Å². The van der Waals surface area contributed by atoms with E-state index in [2.05, 4.69) is 19.4 Å². The van der Waals surface area contributed by atoms with Crippen molar-refractivity contribution in [2.24, 2.45) is 0 Å². The van der Waals surface area contributed by atoms with Crippen LogP contribution in [0.4, 0.5) is 5.69 Å². The molecule has 10 heteroatoms. The summed E-state index contributed by atoms with van der Waals surface area (Å²) >= 11 is 2.60. The van der Waals surface area contributed by atoms with Crippen molar-refractivity contribution in [3.8, 4) is 0 Å². The summed E-state index contributed by atoms with van der Waals surface area (Å²) in [5, 5.41) is 5.39. The monoisotopic (exact) mass is 458 g/mol. The number of aryl methyl sites for hydroxylation is 1. The van der Waals surface area contributed by atoms with Crippen molar-refractivity contribution in [3.05, 3.63) is 53.6 Å². The Labute approximate surface area is 188 Å². The van der Waals surface area contributed by atoms with Crippen molar-refractivity contribution >= 4 is 58.0 Å². The molecule has 0 aliphatic carbocycles. The predicted octanol–water partition coefficient (Wildman–Crippen LogP) is 3.03. The number of aromatic nitrogens is 2. The van der Waals surface area contributed by atoms with Gasteiger partial charge in [0.25, 0.3) is 11.8 Å². The first-order valence-electron chi connectivity index (χ1n) is 9.52. The Kier molecular flexibility index (Phi) is 7.96. The lowest BCUT2D eigenvalue weighted by Crippen LogP contribution is -2.43. The standard InChI is InChI=1S/C21H22N4O4S2/c1-13-5-3-6-14(11-13)20(27)23-17(9-10-30-2)21(28)29-12-18(26)22-15-7-4-8-16-19(15)25-31-24-16/h3-8,11,17H,9-10,12H2,1-2H3,(H,22,26)(H,23,27)/t17-/m1/s1. The molecule has 3 rings (SSSR count). The summed E-state index contributed by atoms with van der Waals surface area (Å²) in [4.78, 5) is 37.4. The van der Waals surface area contributed by atoms with Crippen LogP contribution in [0.3, 0.4) is 0 Å². The first-order chi connectivity index (χ1) is 15.0. The van der Waals surface area contributed by atoms with Gasteiger partial charge in [0, 0.05) is 5.56 Å². The van der Waals surface area contributed by atoms with Crippen LogP contribution in [-0.2, 0) is 14.3 Å². The van der Waals surface area contributed by atoms with E-state index in [-0.39, 0.29) is 5.91 Å². The van der Waals surface area contributed by atoms with Gasteiger partial charge in [-0.1, -0.05) is 23.8 Å². The molecule has 2 N–H and O–H groups in total. The third-order valence-electron chi connectivity index (χ3n) is 4.39. The van der Waals surface area contributed by atoms with Crippen LogP contribution < -0.4 is 10.6 Å². The maximum Gasteiger partial charge on any atom is 0.329 e. The minimum absolute atomic E-state index is 0.362. The Bertz CT molecular complexity index is 1090. The number of fused-ring (bicyclic) bond motifs is 1. The molecule has 0 unspecified atom stereocenters. The molecule has 2 aromatic carbocycles. The summed E-state index contributed by atoms with van der Waals surface area (Å²) < 4.78 is 13.5. The molecule has 1 atom stereocenters. The second kappa shape index (κ2) is 10.9. The zero-order valence-electron chi connectivity index (χ0n) is 17.1. The fourth-order valence-corrected chi connectivity index (χ4v) is 3.86. The van der Waals surface area contributed by atoms with Gasteiger partial charge >= 0.3 is 5.97 Å². The van der Waals surface area contributed by atoms with Crippen LogP contribution in [0.15, 0.2) is 42.5 Å². The summed E-state index contributed by atoms with van der Waals surface area (Å²) in [5.74, 6) is -0.862. The van der Waals surface area contributed by atoms with E-state index < -0.39 is 24.5 Å². The molecule has 0 aliphatic rings. The maximum atomic E-state index is 12.6. The number of rotatable bonds is 9. The minimum Gasteiger partial charge on any atom is -0.454 e. The van der Waals surface area contributed by atoms with E-state index in [1.165, 1.54) is 0 Å². The van der Waals surface area contributed by atoms with Crippen molar-refractivity contribution in [2.45, 2.75) is 19.4 Å². The van der Waals surface area contributed by atoms with Gasteiger partial charge in [-0.3, -0.25) is 9.59 Å². The molecule has 0 aliphatic heterocycles. The number of carbonyl (C=O) groups is 3. The first-order valence-corrected chi connectivity index (χ1v) is 11.6. The maximum absolute atomic E-state index is 12.6. The molecule has 1 heterocycles. The highest BCUT2D eigenvalue weighted by molar-refractivity contribution is 7.98. The number of ether oxygens (including phenoxy) is 1. The van der Waals surface area contributed by atoms with Gasteiger partial charge in [0.05, 0.1) is 17.4 Å². The van der Waals surface area contributed by atoms with Crippen molar-refractivity contribution < 1.29 is 19.1 Å². The van der Waals surface area contributed by atoms with Crippen LogP contribution in [0.2, 0.25) is 0 Å². The number of nitrogens with one attached hydrogen (secondary N) is 2. The summed E-state index contributed by atoms with van der Waals surface area (Å²) in [7, 11) is 0. The fourth-order valence-electron chi connectivity index (χ4n) is 2.84. The highest BCUT2D eigenvalue weighted by Gasteiger charge is 2.23. The SMILES string of the molecule is CSCC[C@@H](NC(=O)c1cccc(C)c1)C(=O)OCC(=O)Nc1cccc2nsnc12. The molecule has 2 amide bonds. The average molecular weight is 459 g/mol. The molecule has 0 fully saturated rings. The number of anilines is 1. The molecule has 3 aromatic rings. The van der Waals surface area contributed by atoms with Crippen LogP contribution in [0.5, 0.6) is 0 Å².